The molecule has 0 amide bonds. The molecule has 1 atom stereocenters. The number of hydrogen-bond donors (Lipinski definition) is 1. The lowest BCUT2D eigenvalue weighted by Gasteiger charge is -2.30. The summed E-state index contributed by atoms with van der Waals surface area (Å²) in [6, 6.07) is 9.83. The number of rotatable bonds is 2. The number of nitrogens with two attached hydrogens (primary N) is 1. The van der Waals surface area contributed by atoms with Gasteiger partial charge in [0.2, 0.25) is 0 Å². The van der Waals surface area contributed by atoms with Crippen LogP contribution in [0.5, 0.6) is 0 Å². The summed E-state index contributed by atoms with van der Waals surface area (Å²) in [6.45, 7) is 4.14. The molecule has 0 fully saturated rings. The lowest BCUT2D eigenvalue weighted by atomic mass is 9.73. The van der Waals surface area contributed by atoms with Gasteiger partial charge in [-0.25, -0.2) is 4.39 Å². The molecular weight excluding hydrogens is 359 g/mol. The highest BCUT2D eigenvalue weighted by atomic mass is 19.1. The van der Waals surface area contributed by atoms with E-state index in [0.29, 0.717) is 35.0 Å². The molecule has 2 aliphatic rings. The second kappa shape index (κ2) is 5.67. The lowest BCUT2D eigenvalue weighted by molar-refractivity contribution is -0.118. The first-order valence-corrected chi connectivity index (χ1v) is 9.21. The van der Waals surface area contributed by atoms with Gasteiger partial charge in [0, 0.05) is 23.1 Å². The monoisotopic (exact) mass is 378 g/mol. The molecule has 6 heteroatoms. The van der Waals surface area contributed by atoms with Gasteiger partial charge in [0.25, 0.3) is 6.01 Å². The molecule has 0 unspecified atom stereocenters. The Kier molecular flexibility index (Phi) is 3.44. The molecular formula is C22H19FN2O3. The molecule has 1 aromatic carbocycles. The van der Waals surface area contributed by atoms with Crippen LogP contribution in [0.3, 0.4) is 0 Å². The van der Waals surface area contributed by atoms with Gasteiger partial charge in [-0.1, -0.05) is 13.8 Å². The third kappa shape index (κ3) is 2.52. The Hall–Kier alpha value is -3.15. The number of hydrogen-bond acceptors (Lipinski definition) is 5. The number of nitrogen functional groups attached to an aromatic ring is 1. The van der Waals surface area contributed by atoms with Gasteiger partial charge in [-0.2, -0.15) is 4.98 Å². The molecule has 2 aliphatic carbocycles. The van der Waals surface area contributed by atoms with E-state index in [1.807, 2.05) is 12.1 Å². The van der Waals surface area contributed by atoms with Gasteiger partial charge >= 0.3 is 0 Å². The highest BCUT2D eigenvalue weighted by Gasteiger charge is 2.47. The van der Waals surface area contributed by atoms with Crippen molar-refractivity contribution in [1.82, 2.24) is 4.98 Å². The molecule has 2 N–H and O–H groups in total. The number of carbonyl (C=O) groups is 1. The van der Waals surface area contributed by atoms with E-state index in [-0.39, 0.29) is 23.0 Å². The van der Waals surface area contributed by atoms with Crippen molar-refractivity contribution in [2.75, 3.05) is 5.73 Å². The smallest absolute Gasteiger partial charge is 0.292 e. The maximum absolute atomic E-state index is 13.2. The third-order valence-corrected chi connectivity index (χ3v) is 5.47. The van der Waals surface area contributed by atoms with E-state index in [4.69, 9.17) is 14.6 Å². The average Bonchev–Trinajstić information content (AvgIpc) is 3.29. The largest absolute Gasteiger partial charge is 0.460 e. The van der Waals surface area contributed by atoms with Gasteiger partial charge in [0.1, 0.15) is 23.0 Å². The van der Waals surface area contributed by atoms with Crippen LogP contribution in [0.4, 0.5) is 10.4 Å². The Morgan fingerprint density at radius 2 is 1.86 bits per heavy atom. The molecule has 5 nitrogen and oxygen atoms in total. The molecule has 2 heterocycles. The van der Waals surface area contributed by atoms with Crippen molar-refractivity contribution >= 4 is 17.4 Å². The highest BCUT2D eigenvalue weighted by Crippen LogP contribution is 2.54. The fraction of sp³-hybridized carbons (Fsp3) is 0.273. The van der Waals surface area contributed by atoms with Crippen LogP contribution in [0.25, 0.3) is 16.9 Å². The number of anilines is 1. The summed E-state index contributed by atoms with van der Waals surface area (Å²) >= 11 is 0. The zero-order valence-electron chi connectivity index (χ0n) is 15.6. The van der Waals surface area contributed by atoms with Crippen LogP contribution < -0.4 is 5.73 Å². The Balaban J connectivity index is 1.62. The number of carbonyl (C=O) groups excluding carboxylic acids is 1. The van der Waals surface area contributed by atoms with Gasteiger partial charge in [-0.05, 0) is 48.2 Å². The number of oxazole rings is 1. The first kappa shape index (κ1) is 17.0. The van der Waals surface area contributed by atoms with Crippen LogP contribution in [0.1, 0.15) is 49.8 Å². The normalized spacial score (nSPS) is 20.4. The quantitative estimate of drug-likeness (QED) is 0.683. The van der Waals surface area contributed by atoms with Crippen molar-refractivity contribution in [1.29, 1.82) is 0 Å². The number of halogens is 1. The van der Waals surface area contributed by atoms with Crippen LogP contribution in [-0.2, 0) is 4.79 Å². The molecule has 0 aliphatic heterocycles. The van der Waals surface area contributed by atoms with Crippen molar-refractivity contribution in [3.8, 4) is 11.3 Å². The molecule has 0 spiro atoms. The number of Topliss-reactive ketones (excluding diaryl/α,β-unsaturated/α-hetero) is 1. The summed E-state index contributed by atoms with van der Waals surface area (Å²) in [5.74, 6) is 1.15. The Morgan fingerprint density at radius 3 is 2.61 bits per heavy atom. The zero-order chi connectivity index (χ0) is 19.6. The summed E-state index contributed by atoms with van der Waals surface area (Å²) < 4.78 is 25.0. The van der Waals surface area contributed by atoms with E-state index < -0.39 is 5.92 Å². The van der Waals surface area contributed by atoms with Crippen molar-refractivity contribution in [2.24, 2.45) is 5.41 Å². The van der Waals surface area contributed by atoms with Gasteiger partial charge in [-0.15, -0.1) is 0 Å². The molecule has 0 radical (unpaired) electrons. The molecule has 28 heavy (non-hydrogen) atoms. The first-order chi connectivity index (χ1) is 13.3. The number of aromatic nitrogens is 1. The van der Waals surface area contributed by atoms with E-state index in [1.165, 1.54) is 12.1 Å². The van der Waals surface area contributed by atoms with Gasteiger partial charge in [0.05, 0.1) is 5.92 Å². The van der Waals surface area contributed by atoms with Crippen LogP contribution >= 0.6 is 0 Å². The van der Waals surface area contributed by atoms with Gasteiger partial charge < -0.3 is 14.6 Å². The number of nitrogens with zero attached hydrogens (tertiary/aromatic N) is 1. The Labute approximate surface area is 161 Å². The first-order valence-electron chi connectivity index (χ1n) is 9.21. The topological polar surface area (TPSA) is 82.3 Å². The Morgan fingerprint density at radius 1 is 1.11 bits per heavy atom. The Bertz CT molecular complexity index is 1140. The molecule has 142 valence electrons. The minimum absolute atomic E-state index is 0.0858. The fourth-order valence-electron chi connectivity index (χ4n) is 4.32. The van der Waals surface area contributed by atoms with E-state index >= 15 is 0 Å². The van der Waals surface area contributed by atoms with Crippen LogP contribution in [-0.4, -0.2) is 10.8 Å². The SMILES string of the molecule is CC1(C)CC(=O)C2=C(C1)c1oc(N)nc1[C@H]2c1ccc(-c2ccc(F)cc2)o1. The van der Waals surface area contributed by atoms with E-state index in [0.717, 1.165) is 17.6 Å². The zero-order valence-corrected chi connectivity index (χ0v) is 15.6. The van der Waals surface area contributed by atoms with Gasteiger partial charge in [0.15, 0.2) is 11.5 Å². The predicted molar refractivity (Wildman–Crippen MR) is 102 cm³/mol. The summed E-state index contributed by atoms with van der Waals surface area (Å²) in [6.07, 6.45) is 1.19. The van der Waals surface area contributed by atoms with Crippen molar-refractivity contribution in [3.05, 3.63) is 65.0 Å². The molecule has 0 saturated carbocycles. The minimum atomic E-state index is -0.427. The molecule has 2 aromatic heterocycles. The fourth-order valence-corrected chi connectivity index (χ4v) is 4.32. The van der Waals surface area contributed by atoms with Crippen molar-refractivity contribution in [3.63, 3.8) is 0 Å². The predicted octanol–water partition coefficient (Wildman–Crippen LogP) is 4.94. The lowest BCUT2D eigenvalue weighted by Crippen LogP contribution is -2.25. The number of furan rings is 1. The second-order valence-corrected chi connectivity index (χ2v) is 8.24. The van der Waals surface area contributed by atoms with Crippen LogP contribution in [0.2, 0.25) is 0 Å². The maximum Gasteiger partial charge on any atom is 0.292 e. The molecule has 5 rings (SSSR count). The minimum Gasteiger partial charge on any atom is -0.460 e. The number of allylic oxidation sites excluding steroid dienone is 2. The summed E-state index contributed by atoms with van der Waals surface area (Å²) in [5.41, 5.74) is 8.63. The van der Waals surface area contributed by atoms with E-state index in [2.05, 4.69) is 18.8 Å². The molecule has 0 bridgehead atoms. The van der Waals surface area contributed by atoms with Crippen molar-refractivity contribution in [2.45, 2.75) is 32.6 Å². The highest BCUT2D eigenvalue weighted by molar-refractivity contribution is 6.08. The van der Waals surface area contributed by atoms with Crippen molar-refractivity contribution < 1.29 is 18.0 Å². The van der Waals surface area contributed by atoms with E-state index in [1.54, 1.807) is 12.1 Å². The summed E-state index contributed by atoms with van der Waals surface area (Å²) in [4.78, 5) is 17.4. The summed E-state index contributed by atoms with van der Waals surface area (Å²) in [7, 11) is 0. The standard InChI is InChI=1S/C22H19FN2O3/c1-22(2)9-13-17(14(26)10-22)18(19-20(13)28-21(24)25-19)16-8-7-15(27-16)11-3-5-12(23)6-4-11/h3-8,18H,9-10H2,1-2H3,(H2,24,25)/t18-/m0/s1. The van der Waals surface area contributed by atoms with Gasteiger partial charge in [-0.3, -0.25) is 4.79 Å². The van der Waals surface area contributed by atoms with Crippen LogP contribution in [0, 0.1) is 11.2 Å². The third-order valence-electron chi connectivity index (χ3n) is 5.47. The molecule has 0 saturated heterocycles. The average molecular weight is 378 g/mol. The second-order valence-electron chi connectivity index (χ2n) is 8.24. The summed E-state index contributed by atoms with van der Waals surface area (Å²) in [5, 5.41) is 0. The van der Waals surface area contributed by atoms with E-state index in [9.17, 15) is 9.18 Å². The maximum atomic E-state index is 13.2. The number of fused-ring (bicyclic) bond motifs is 2. The van der Waals surface area contributed by atoms with Crippen LogP contribution in [0.15, 0.2) is 50.8 Å². The number of ketones is 1. The molecule has 3 aromatic rings. The number of benzene rings is 1.